The summed E-state index contributed by atoms with van der Waals surface area (Å²) in [6, 6.07) is 5.00. The summed E-state index contributed by atoms with van der Waals surface area (Å²) in [6.07, 6.45) is 5.09. The van der Waals surface area contributed by atoms with E-state index in [-0.39, 0.29) is 12.6 Å². The van der Waals surface area contributed by atoms with Gasteiger partial charge in [0.2, 0.25) is 0 Å². The number of aliphatic hydroxyl groups excluding tert-OH is 1. The molecule has 0 saturated heterocycles. The zero-order valence-corrected chi connectivity index (χ0v) is 9.86. The maximum absolute atomic E-state index is 9.40. The Bertz CT molecular complexity index is 471. The van der Waals surface area contributed by atoms with E-state index in [2.05, 4.69) is 4.98 Å². The molecule has 1 aromatic carbocycles. The Morgan fingerprint density at radius 3 is 2.75 bits per heavy atom. The number of aromatic nitrogens is 2. The van der Waals surface area contributed by atoms with Crippen molar-refractivity contribution in [3.8, 4) is 0 Å². The van der Waals surface area contributed by atoms with Crippen molar-refractivity contribution in [2.24, 2.45) is 0 Å². The van der Waals surface area contributed by atoms with Crippen molar-refractivity contribution < 1.29 is 5.11 Å². The fraction of sp³-hybridized carbons (Fsp3) is 0.182. The molecule has 0 amide bonds. The number of rotatable bonds is 3. The first-order valence-electron chi connectivity index (χ1n) is 4.75. The van der Waals surface area contributed by atoms with Gasteiger partial charge < -0.3 is 9.67 Å². The largest absolute Gasteiger partial charge is 0.394 e. The maximum atomic E-state index is 9.40. The molecule has 0 fully saturated rings. The average molecular weight is 257 g/mol. The third-order valence-electron chi connectivity index (χ3n) is 2.38. The molecule has 0 unspecified atom stereocenters. The van der Waals surface area contributed by atoms with Gasteiger partial charge in [-0.05, 0) is 17.7 Å². The van der Waals surface area contributed by atoms with Crippen molar-refractivity contribution in [2.75, 3.05) is 6.61 Å². The number of nitrogens with zero attached hydrogens (tertiary/aromatic N) is 2. The minimum absolute atomic E-state index is 0.0439. The first-order chi connectivity index (χ1) is 7.72. The summed E-state index contributed by atoms with van der Waals surface area (Å²) in [4.78, 5) is 3.95. The Morgan fingerprint density at radius 2 is 2.19 bits per heavy atom. The van der Waals surface area contributed by atoms with Gasteiger partial charge in [0.05, 0.1) is 19.0 Å². The van der Waals surface area contributed by atoms with Crippen molar-refractivity contribution in [1.82, 2.24) is 9.55 Å². The van der Waals surface area contributed by atoms with Crippen molar-refractivity contribution in [3.05, 3.63) is 52.5 Å². The van der Waals surface area contributed by atoms with Crippen molar-refractivity contribution in [2.45, 2.75) is 6.04 Å². The van der Waals surface area contributed by atoms with Crippen molar-refractivity contribution in [3.63, 3.8) is 0 Å². The summed E-state index contributed by atoms with van der Waals surface area (Å²) >= 11 is 11.9. The minimum atomic E-state index is -0.229. The van der Waals surface area contributed by atoms with Gasteiger partial charge in [0.15, 0.2) is 0 Å². The molecular weight excluding hydrogens is 247 g/mol. The molecule has 3 nitrogen and oxygen atoms in total. The monoisotopic (exact) mass is 256 g/mol. The molecule has 0 spiro atoms. The summed E-state index contributed by atoms with van der Waals surface area (Å²) in [5, 5.41) is 10.5. The highest BCUT2D eigenvalue weighted by molar-refractivity contribution is 6.35. The van der Waals surface area contributed by atoms with Crippen LogP contribution in [-0.4, -0.2) is 21.3 Å². The highest BCUT2D eigenvalue weighted by atomic mass is 35.5. The molecule has 0 aliphatic heterocycles. The van der Waals surface area contributed by atoms with Gasteiger partial charge in [-0.15, -0.1) is 0 Å². The van der Waals surface area contributed by atoms with E-state index in [4.69, 9.17) is 23.2 Å². The SMILES string of the molecule is OC[C@@H](c1ccc(Cl)cc1Cl)n1ccnc1. The van der Waals surface area contributed by atoms with E-state index in [0.29, 0.717) is 10.0 Å². The van der Waals surface area contributed by atoms with Gasteiger partial charge in [-0.1, -0.05) is 29.3 Å². The van der Waals surface area contributed by atoms with Gasteiger partial charge in [0.25, 0.3) is 0 Å². The topological polar surface area (TPSA) is 38.0 Å². The quantitative estimate of drug-likeness (QED) is 0.918. The summed E-state index contributed by atoms with van der Waals surface area (Å²) in [6.45, 7) is -0.0439. The maximum Gasteiger partial charge on any atom is 0.0952 e. The molecule has 1 atom stereocenters. The predicted octanol–water partition coefficient (Wildman–Crippen LogP) is 2.77. The first-order valence-corrected chi connectivity index (χ1v) is 5.51. The number of hydrogen-bond donors (Lipinski definition) is 1. The number of aliphatic hydroxyl groups is 1. The van der Waals surface area contributed by atoms with E-state index in [1.165, 1.54) is 0 Å². The Kier molecular flexibility index (Phi) is 3.49. The van der Waals surface area contributed by atoms with Crippen LogP contribution in [0.5, 0.6) is 0 Å². The predicted molar refractivity (Wildman–Crippen MR) is 63.9 cm³/mol. The van der Waals surface area contributed by atoms with E-state index in [0.717, 1.165) is 5.56 Å². The van der Waals surface area contributed by atoms with Crippen LogP contribution in [0.25, 0.3) is 0 Å². The van der Waals surface area contributed by atoms with E-state index in [1.54, 1.807) is 35.4 Å². The second-order valence-electron chi connectivity index (χ2n) is 3.37. The second kappa shape index (κ2) is 4.87. The van der Waals surface area contributed by atoms with Crippen LogP contribution in [0.1, 0.15) is 11.6 Å². The molecule has 0 aliphatic rings. The van der Waals surface area contributed by atoms with Crippen molar-refractivity contribution >= 4 is 23.2 Å². The number of benzene rings is 1. The molecule has 84 valence electrons. The lowest BCUT2D eigenvalue weighted by atomic mass is 10.1. The molecule has 0 radical (unpaired) electrons. The van der Waals surface area contributed by atoms with Crippen LogP contribution in [0.3, 0.4) is 0 Å². The van der Waals surface area contributed by atoms with Crippen LogP contribution >= 0.6 is 23.2 Å². The standard InChI is InChI=1S/C11H10Cl2N2O/c12-8-1-2-9(10(13)5-8)11(6-16)15-4-3-14-7-15/h1-5,7,11,16H,6H2/t11-/m0/s1. The smallest absolute Gasteiger partial charge is 0.0952 e. The summed E-state index contributed by atoms with van der Waals surface area (Å²) in [5.74, 6) is 0. The molecule has 0 aliphatic carbocycles. The zero-order valence-electron chi connectivity index (χ0n) is 8.35. The number of imidazole rings is 1. The van der Waals surface area contributed by atoms with Gasteiger partial charge in [-0.25, -0.2) is 4.98 Å². The second-order valence-corrected chi connectivity index (χ2v) is 4.22. The van der Waals surface area contributed by atoms with Crippen LogP contribution in [-0.2, 0) is 0 Å². The third-order valence-corrected chi connectivity index (χ3v) is 2.94. The summed E-state index contributed by atoms with van der Waals surface area (Å²) in [5.41, 5.74) is 0.826. The molecule has 1 N–H and O–H groups in total. The first kappa shape index (κ1) is 11.5. The lowest BCUT2D eigenvalue weighted by molar-refractivity contribution is 0.249. The number of halogens is 2. The Labute approximate surface area is 103 Å². The average Bonchev–Trinajstić information content (AvgIpc) is 2.75. The van der Waals surface area contributed by atoms with Crippen LogP contribution < -0.4 is 0 Å². The molecular formula is C11H10Cl2N2O. The Balaban J connectivity index is 2.41. The highest BCUT2D eigenvalue weighted by Gasteiger charge is 2.15. The fourth-order valence-electron chi connectivity index (χ4n) is 1.58. The summed E-state index contributed by atoms with van der Waals surface area (Å²) in [7, 11) is 0. The van der Waals surface area contributed by atoms with Gasteiger partial charge in [-0.2, -0.15) is 0 Å². The Hall–Kier alpha value is -1.03. The fourth-order valence-corrected chi connectivity index (χ4v) is 2.11. The third kappa shape index (κ3) is 2.21. The van der Waals surface area contributed by atoms with E-state index in [1.807, 2.05) is 6.07 Å². The molecule has 1 aromatic heterocycles. The van der Waals surface area contributed by atoms with Crippen molar-refractivity contribution in [1.29, 1.82) is 0 Å². The van der Waals surface area contributed by atoms with Crippen LogP contribution in [0, 0.1) is 0 Å². The normalized spacial score (nSPS) is 12.7. The van der Waals surface area contributed by atoms with E-state index in [9.17, 15) is 5.11 Å². The highest BCUT2D eigenvalue weighted by Crippen LogP contribution is 2.28. The summed E-state index contributed by atoms with van der Waals surface area (Å²) < 4.78 is 1.80. The van der Waals surface area contributed by atoms with Gasteiger partial charge in [0, 0.05) is 22.4 Å². The molecule has 0 bridgehead atoms. The van der Waals surface area contributed by atoms with Crippen LogP contribution in [0.2, 0.25) is 10.0 Å². The lowest BCUT2D eigenvalue weighted by Gasteiger charge is -2.17. The molecule has 0 saturated carbocycles. The van der Waals surface area contributed by atoms with Gasteiger partial charge in [-0.3, -0.25) is 0 Å². The molecule has 16 heavy (non-hydrogen) atoms. The van der Waals surface area contributed by atoms with E-state index < -0.39 is 0 Å². The van der Waals surface area contributed by atoms with Gasteiger partial charge in [0.1, 0.15) is 0 Å². The molecule has 2 rings (SSSR count). The van der Waals surface area contributed by atoms with Gasteiger partial charge >= 0.3 is 0 Å². The van der Waals surface area contributed by atoms with Crippen LogP contribution in [0.15, 0.2) is 36.9 Å². The zero-order chi connectivity index (χ0) is 11.5. The molecule has 1 heterocycles. The minimum Gasteiger partial charge on any atom is -0.394 e. The Morgan fingerprint density at radius 1 is 1.38 bits per heavy atom. The molecule has 2 aromatic rings. The van der Waals surface area contributed by atoms with E-state index >= 15 is 0 Å². The number of hydrogen-bond acceptors (Lipinski definition) is 2. The lowest BCUT2D eigenvalue weighted by Crippen LogP contribution is -2.13. The van der Waals surface area contributed by atoms with Crippen LogP contribution in [0.4, 0.5) is 0 Å². The molecule has 5 heteroatoms.